The van der Waals surface area contributed by atoms with Gasteiger partial charge in [0.05, 0.1) is 5.02 Å². The van der Waals surface area contributed by atoms with Crippen molar-refractivity contribution in [2.24, 2.45) is 5.92 Å². The first kappa shape index (κ1) is 19.4. The number of pyridine rings is 1. The lowest BCUT2D eigenvalue weighted by atomic mass is 9.96. The second-order valence-electron chi connectivity index (χ2n) is 6.34. The SMILES string of the molecule is O=C(NCc1cccc(OC(F)F)c1)C1CCN(c2ccc(Cl)cn2)CC1. The van der Waals surface area contributed by atoms with Gasteiger partial charge < -0.3 is 15.0 Å². The third-order valence-corrected chi connectivity index (χ3v) is 4.72. The maximum atomic E-state index is 12.4. The average molecular weight is 396 g/mol. The highest BCUT2D eigenvalue weighted by Crippen LogP contribution is 2.23. The van der Waals surface area contributed by atoms with Gasteiger partial charge in [0.25, 0.3) is 0 Å². The number of amides is 1. The molecule has 0 radical (unpaired) electrons. The number of carbonyl (C=O) groups excluding carboxylic acids is 1. The molecule has 1 saturated heterocycles. The molecule has 1 amide bonds. The molecule has 0 saturated carbocycles. The Kier molecular flexibility index (Phi) is 6.45. The van der Waals surface area contributed by atoms with Crippen LogP contribution >= 0.6 is 11.6 Å². The van der Waals surface area contributed by atoms with Crippen molar-refractivity contribution in [2.75, 3.05) is 18.0 Å². The zero-order valence-electron chi connectivity index (χ0n) is 14.6. The summed E-state index contributed by atoms with van der Waals surface area (Å²) >= 11 is 5.86. The van der Waals surface area contributed by atoms with Crippen LogP contribution in [0.1, 0.15) is 18.4 Å². The van der Waals surface area contributed by atoms with Gasteiger partial charge in [-0.05, 0) is 42.7 Å². The summed E-state index contributed by atoms with van der Waals surface area (Å²) in [6, 6.07) is 10.0. The molecule has 1 aromatic carbocycles. The molecule has 0 spiro atoms. The van der Waals surface area contributed by atoms with Gasteiger partial charge in [0.1, 0.15) is 11.6 Å². The number of halogens is 3. The van der Waals surface area contributed by atoms with Gasteiger partial charge in [-0.25, -0.2) is 4.98 Å². The summed E-state index contributed by atoms with van der Waals surface area (Å²) in [5.41, 5.74) is 0.712. The molecular formula is C19H20ClF2N3O2. The topological polar surface area (TPSA) is 54.5 Å². The number of ether oxygens (including phenoxy) is 1. The minimum Gasteiger partial charge on any atom is -0.435 e. The highest BCUT2D eigenvalue weighted by atomic mass is 35.5. The van der Waals surface area contributed by atoms with E-state index in [1.165, 1.54) is 12.1 Å². The molecule has 1 fully saturated rings. The molecule has 1 aliphatic heterocycles. The van der Waals surface area contributed by atoms with Gasteiger partial charge in [-0.2, -0.15) is 8.78 Å². The number of carbonyl (C=O) groups is 1. The van der Waals surface area contributed by atoms with E-state index < -0.39 is 6.61 Å². The van der Waals surface area contributed by atoms with Crippen LogP contribution in [0.15, 0.2) is 42.6 Å². The predicted octanol–water partition coefficient (Wildman–Crippen LogP) is 3.87. The van der Waals surface area contributed by atoms with Gasteiger partial charge in [0, 0.05) is 31.7 Å². The quantitative estimate of drug-likeness (QED) is 0.806. The molecule has 27 heavy (non-hydrogen) atoms. The van der Waals surface area contributed by atoms with Gasteiger partial charge in [-0.3, -0.25) is 4.79 Å². The van der Waals surface area contributed by atoms with Gasteiger partial charge in [0.15, 0.2) is 0 Å². The van der Waals surface area contributed by atoms with Gasteiger partial charge in [-0.1, -0.05) is 23.7 Å². The largest absolute Gasteiger partial charge is 0.435 e. The lowest BCUT2D eigenvalue weighted by Crippen LogP contribution is -2.40. The number of hydrogen-bond donors (Lipinski definition) is 1. The summed E-state index contributed by atoms with van der Waals surface area (Å²) in [6.07, 6.45) is 3.07. The molecule has 1 aliphatic rings. The maximum Gasteiger partial charge on any atom is 0.387 e. The summed E-state index contributed by atoms with van der Waals surface area (Å²) in [4.78, 5) is 18.8. The molecule has 5 nitrogen and oxygen atoms in total. The Balaban J connectivity index is 1.48. The van der Waals surface area contributed by atoms with E-state index in [1.54, 1.807) is 24.4 Å². The highest BCUT2D eigenvalue weighted by molar-refractivity contribution is 6.30. The Morgan fingerprint density at radius 2 is 2.07 bits per heavy atom. The zero-order valence-corrected chi connectivity index (χ0v) is 15.3. The first-order chi connectivity index (χ1) is 13.0. The second kappa shape index (κ2) is 8.99. The number of benzene rings is 1. The first-order valence-electron chi connectivity index (χ1n) is 8.69. The summed E-state index contributed by atoms with van der Waals surface area (Å²) in [5.74, 6) is 0.836. The Morgan fingerprint density at radius 1 is 1.30 bits per heavy atom. The van der Waals surface area contributed by atoms with E-state index in [1.807, 2.05) is 6.07 Å². The molecule has 2 heterocycles. The summed E-state index contributed by atoms with van der Waals surface area (Å²) in [5, 5.41) is 3.47. The van der Waals surface area contributed by atoms with E-state index >= 15 is 0 Å². The van der Waals surface area contributed by atoms with Gasteiger partial charge >= 0.3 is 6.61 Å². The van der Waals surface area contributed by atoms with E-state index in [4.69, 9.17) is 11.6 Å². The van der Waals surface area contributed by atoms with E-state index in [0.717, 1.165) is 31.7 Å². The van der Waals surface area contributed by atoms with Crippen LogP contribution < -0.4 is 15.0 Å². The molecule has 3 rings (SSSR count). The number of hydrogen-bond acceptors (Lipinski definition) is 4. The molecule has 0 bridgehead atoms. The number of nitrogens with zero attached hydrogens (tertiary/aromatic N) is 2. The van der Waals surface area contributed by atoms with Crippen LogP contribution in [0.25, 0.3) is 0 Å². The smallest absolute Gasteiger partial charge is 0.387 e. The Hall–Kier alpha value is -2.41. The van der Waals surface area contributed by atoms with E-state index in [-0.39, 0.29) is 24.1 Å². The molecule has 8 heteroatoms. The number of nitrogens with one attached hydrogen (secondary N) is 1. The Labute approximate surface area is 161 Å². The van der Waals surface area contributed by atoms with Crippen LogP contribution in [-0.4, -0.2) is 30.6 Å². The van der Waals surface area contributed by atoms with Crippen LogP contribution in [0.5, 0.6) is 5.75 Å². The number of aromatic nitrogens is 1. The second-order valence-corrected chi connectivity index (χ2v) is 6.78. The van der Waals surface area contributed by atoms with Gasteiger partial charge in [-0.15, -0.1) is 0 Å². The molecule has 2 aromatic rings. The minimum absolute atomic E-state index is 0.0288. The first-order valence-corrected chi connectivity index (χ1v) is 9.07. The van der Waals surface area contributed by atoms with Crippen molar-refractivity contribution in [3.8, 4) is 5.75 Å². The van der Waals surface area contributed by atoms with Crippen LogP contribution in [0, 0.1) is 5.92 Å². The summed E-state index contributed by atoms with van der Waals surface area (Å²) in [7, 11) is 0. The van der Waals surface area contributed by atoms with Crippen LogP contribution in [0.3, 0.4) is 0 Å². The van der Waals surface area contributed by atoms with Crippen molar-refractivity contribution in [3.05, 3.63) is 53.2 Å². The predicted molar refractivity (Wildman–Crippen MR) is 99.1 cm³/mol. The van der Waals surface area contributed by atoms with Crippen LogP contribution in [-0.2, 0) is 11.3 Å². The maximum absolute atomic E-state index is 12.4. The monoisotopic (exact) mass is 395 g/mol. The highest BCUT2D eigenvalue weighted by Gasteiger charge is 2.25. The van der Waals surface area contributed by atoms with Crippen molar-refractivity contribution < 1.29 is 18.3 Å². The fourth-order valence-electron chi connectivity index (χ4n) is 3.09. The average Bonchev–Trinajstić information content (AvgIpc) is 2.67. The molecule has 0 aliphatic carbocycles. The standard InChI is InChI=1S/C19H20ClF2N3O2/c20-15-4-5-17(23-12-15)25-8-6-14(7-9-25)18(26)24-11-13-2-1-3-16(10-13)27-19(21)22/h1-5,10,12,14,19H,6-9,11H2,(H,24,26). The van der Waals surface area contributed by atoms with Crippen LogP contribution in [0.4, 0.5) is 14.6 Å². The number of piperidine rings is 1. The third-order valence-electron chi connectivity index (χ3n) is 4.49. The minimum atomic E-state index is -2.87. The summed E-state index contributed by atoms with van der Waals surface area (Å²) in [6.45, 7) is -1.11. The molecule has 0 atom stereocenters. The van der Waals surface area contributed by atoms with Gasteiger partial charge in [0.2, 0.25) is 5.91 Å². The zero-order chi connectivity index (χ0) is 19.2. The van der Waals surface area contributed by atoms with Crippen molar-refractivity contribution in [2.45, 2.75) is 26.0 Å². The van der Waals surface area contributed by atoms with Crippen molar-refractivity contribution in [3.63, 3.8) is 0 Å². The molecule has 144 valence electrons. The van der Waals surface area contributed by atoms with Crippen molar-refractivity contribution >= 4 is 23.3 Å². The fourth-order valence-corrected chi connectivity index (χ4v) is 3.20. The number of alkyl halides is 2. The number of anilines is 1. The summed E-state index contributed by atoms with van der Waals surface area (Å²) < 4.78 is 28.9. The molecule has 1 N–H and O–H groups in total. The van der Waals surface area contributed by atoms with Crippen molar-refractivity contribution in [1.82, 2.24) is 10.3 Å². The van der Waals surface area contributed by atoms with Crippen molar-refractivity contribution in [1.29, 1.82) is 0 Å². The fraction of sp³-hybridized carbons (Fsp3) is 0.368. The lowest BCUT2D eigenvalue weighted by Gasteiger charge is -2.32. The van der Waals surface area contributed by atoms with E-state index in [9.17, 15) is 13.6 Å². The van der Waals surface area contributed by atoms with E-state index in [2.05, 4.69) is 19.9 Å². The van der Waals surface area contributed by atoms with E-state index in [0.29, 0.717) is 10.6 Å². The Bertz CT molecular complexity index is 766. The molecule has 1 aromatic heterocycles. The lowest BCUT2D eigenvalue weighted by molar-refractivity contribution is -0.125. The Morgan fingerprint density at radius 3 is 2.74 bits per heavy atom. The third kappa shape index (κ3) is 5.53. The molecule has 0 unspecified atom stereocenters. The number of rotatable bonds is 6. The molecular weight excluding hydrogens is 376 g/mol. The van der Waals surface area contributed by atoms with Crippen LogP contribution in [0.2, 0.25) is 5.02 Å². The normalized spacial score (nSPS) is 15.0.